The third kappa shape index (κ3) is 5.57. The number of benzene rings is 2. The summed E-state index contributed by atoms with van der Waals surface area (Å²) in [5, 5.41) is 7.77. The number of hydrogen-bond acceptors (Lipinski definition) is 6. The number of nitrogens with zero attached hydrogens (tertiary/aromatic N) is 2. The number of piperidine rings is 1. The quantitative estimate of drug-likeness (QED) is 0.530. The number of methoxy groups -OCH3 is 1. The third-order valence-electron chi connectivity index (χ3n) is 5.96. The van der Waals surface area contributed by atoms with Crippen LogP contribution in [0.4, 0.5) is 20.2 Å². The Morgan fingerprint density at radius 2 is 1.71 bits per heavy atom. The Balaban J connectivity index is 1.60. The molecule has 1 aromatic heterocycles. The van der Waals surface area contributed by atoms with E-state index in [0.29, 0.717) is 31.6 Å². The Kier molecular flexibility index (Phi) is 6.99. The summed E-state index contributed by atoms with van der Waals surface area (Å²) in [6.45, 7) is 0.911. The van der Waals surface area contributed by atoms with Crippen LogP contribution in [0.25, 0.3) is 0 Å². The topological polar surface area (TPSA) is 115 Å². The fraction of sp³-hybridized carbons (Fsp3) is 0.250. The Morgan fingerprint density at radius 1 is 1.06 bits per heavy atom. The maximum Gasteiger partial charge on any atom is 0.257 e. The predicted molar refractivity (Wildman–Crippen MR) is 126 cm³/mol. The van der Waals surface area contributed by atoms with E-state index in [1.165, 1.54) is 31.4 Å². The van der Waals surface area contributed by atoms with E-state index in [2.05, 4.69) is 10.3 Å². The second-order valence-corrected chi connectivity index (χ2v) is 9.71. The highest BCUT2D eigenvalue weighted by molar-refractivity contribution is 7.89. The van der Waals surface area contributed by atoms with Crippen LogP contribution in [0.1, 0.15) is 34.7 Å². The number of aromatic nitrogens is 1. The number of nitrogens with two attached hydrogens (primary N) is 1. The Labute approximate surface area is 201 Å². The van der Waals surface area contributed by atoms with E-state index in [0.717, 1.165) is 23.9 Å². The van der Waals surface area contributed by atoms with Crippen molar-refractivity contribution in [2.45, 2.75) is 23.8 Å². The molecule has 0 spiro atoms. The first-order valence-electron chi connectivity index (χ1n) is 10.8. The fourth-order valence-corrected chi connectivity index (χ4v) is 4.58. The van der Waals surface area contributed by atoms with Gasteiger partial charge in [-0.3, -0.25) is 4.79 Å². The summed E-state index contributed by atoms with van der Waals surface area (Å²) >= 11 is 0. The van der Waals surface area contributed by atoms with Crippen molar-refractivity contribution in [3.05, 3.63) is 77.5 Å². The molecule has 3 aromatic rings. The summed E-state index contributed by atoms with van der Waals surface area (Å²) in [6.07, 6.45) is 2.54. The highest BCUT2D eigenvalue weighted by atomic mass is 32.2. The van der Waals surface area contributed by atoms with E-state index in [9.17, 15) is 22.0 Å². The van der Waals surface area contributed by atoms with Gasteiger partial charge in [0.05, 0.1) is 24.0 Å². The number of carbonyl (C=O) groups is 1. The van der Waals surface area contributed by atoms with Crippen molar-refractivity contribution in [1.82, 2.24) is 9.88 Å². The van der Waals surface area contributed by atoms with Crippen LogP contribution >= 0.6 is 0 Å². The average molecular weight is 503 g/mol. The van der Waals surface area contributed by atoms with Crippen LogP contribution < -0.4 is 15.2 Å². The van der Waals surface area contributed by atoms with Crippen molar-refractivity contribution in [2.24, 2.45) is 5.14 Å². The van der Waals surface area contributed by atoms with E-state index in [4.69, 9.17) is 9.88 Å². The lowest BCUT2D eigenvalue weighted by Crippen LogP contribution is -2.38. The lowest BCUT2D eigenvalue weighted by atomic mass is 9.89. The standard InChI is InChI=1S/C24H24F2N4O4S/c1-34-22-12-18(26)6-7-20(22)29-21-13-23(35(27,32)33)28-14-19(21)24(31)30-10-8-16(9-11-30)15-2-4-17(25)5-3-15/h2-7,12-14,16H,8-11H2,1H3,(H,28,29)(H2,27,32,33). The molecule has 4 rings (SSSR count). The highest BCUT2D eigenvalue weighted by Crippen LogP contribution is 2.33. The number of likely N-dealkylation sites (tertiary alicyclic amines) is 1. The van der Waals surface area contributed by atoms with Gasteiger partial charge in [0.1, 0.15) is 17.4 Å². The van der Waals surface area contributed by atoms with Crippen LogP contribution in [0.2, 0.25) is 0 Å². The molecule has 184 valence electrons. The molecule has 2 aromatic carbocycles. The van der Waals surface area contributed by atoms with Gasteiger partial charge in [0.15, 0.2) is 5.03 Å². The van der Waals surface area contributed by atoms with Gasteiger partial charge in [-0.1, -0.05) is 12.1 Å². The minimum Gasteiger partial charge on any atom is -0.494 e. The number of hydrogen-bond donors (Lipinski definition) is 2. The number of primary sulfonamides is 1. The summed E-state index contributed by atoms with van der Waals surface area (Å²) < 4.78 is 55.8. The highest BCUT2D eigenvalue weighted by Gasteiger charge is 2.27. The van der Waals surface area contributed by atoms with E-state index >= 15 is 0 Å². The van der Waals surface area contributed by atoms with Gasteiger partial charge in [-0.25, -0.2) is 27.3 Å². The zero-order valence-corrected chi connectivity index (χ0v) is 19.7. The molecule has 0 saturated carbocycles. The number of amides is 1. The summed E-state index contributed by atoms with van der Waals surface area (Å²) in [7, 11) is -2.78. The monoisotopic (exact) mass is 502 g/mol. The number of nitrogens with one attached hydrogen (secondary N) is 1. The number of anilines is 2. The van der Waals surface area contributed by atoms with E-state index in [1.54, 1.807) is 17.0 Å². The van der Waals surface area contributed by atoms with Crippen molar-refractivity contribution in [2.75, 3.05) is 25.5 Å². The lowest BCUT2D eigenvalue weighted by Gasteiger charge is -2.32. The number of rotatable bonds is 6. The van der Waals surface area contributed by atoms with Crippen molar-refractivity contribution >= 4 is 27.3 Å². The molecule has 1 aliphatic heterocycles. The van der Waals surface area contributed by atoms with Gasteiger partial charge in [0, 0.05) is 31.4 Å². The minimum atomic E-state index is -4.14. The molecule has 1 aliphatic rings. The second-order valence-electron chi connectivity index (χ2n) is 8.20. The van der Waals surface area contributed by atoms with Gasteiger partial charge in [0.2, 0.25) is 0 Å². The minimum absolute atomic E-state index is 0.129. The van der Waals surface area contributed by atoms with Gasteiger partial charge >= 0.3 is 0 Å². The number of ether oxygens (including phenoxy) is 1. The Bertz CT molecular complexity index is 1340. The largest absolute Gasteiger partial charge is 0.494 e. The average Bonchev–Trinajstić information content (AvgIpc) is 2.84. The van der Waals surface area contributed by atoms with Crippen LogP contribution in [-0.2, 0) is 10.0 Å². The maximum absolute atomic E-state index is 13.6. The van der Waals surface area contributed by atoms with E-state index in [1.807, 2.05) is 0 Å². The first kappa shape index (κ1) is 24.6. The molecule has 2 heterocycles. The lowest BCUT2D eigenvalue weighted by molar-refractivity contribution is 0.0713. The molecule has 8 nitrogen and oxygen atoms in total. The molecular weight excluding hydrogens is 478 g/mol. The SMILES string of the molecule is COc1cc(F)ccc1Nc1cc(S(N)(=O)=O)ncc1C(=O)N1CCC(c2ccc(F)cc2)CC1. The molecule has 1 saturated heterocycles. The van der Waals surface area contributed by atoms with Crippen molar-refractivity contribution in [3.63, 3.8) is 0 Å². The van der Waals surface area contributed by atoms with Crippen molar-refractivity contribution in [1.29, 1.82) is 0 Å². The molecule has 35 heavy (non-hydrogen) atoms. The van der Waals surface area contributed by atoms with Gasteiger partial charge < -0.3 is 15.0 Å². The van der Waals surface area contributed by atoms with E-state index < -0.39 is 20.9 Å². The molecule has 3 N–H and O–H groups in total. The van der Waals surface area contributed by atoms with Crippen LogP contribution in [0.15, 0.2) is 59.8 Å². The van der Waals surface area contributed by atoms with Crippen LogP contribution in [0, 0.1) is 11.6 Å². The summed E-state index contributed by atoms with van der Waals surface area (Å²) in [4.78, 5) is 18.9. The molecule has 1 amide bonds. The normalized spacial score (nSPS) is 14.6. The molecule has 0 unspecified atom stereocenters. The number of pyridine rings is 1. The Morgan fingerprint density at radius 3 is 2.34 bits per heavy atom. The van der Waals surface area contributed by atoms with Crippen LogP contribution in [0.3, 0.4) is 0 Å². The molecule has 0 atom stereocenters. The Hall–Kier alpha value is -3.57. The molecule has 0 bridgehead atoms. The number of sulfonamides is 1. The molecule has 11 heteroatoms. The van der Waals surface area contributed by atoms with E-state index in [-0.39, 0.29) is 34.6 Å². The summed E-state index contributed by atoms with van der Waals surface area (Å²) in [5.74, 6) is -0.803. The van der Waals surface area contributed by atoms with Crippen LogP contribution in [0.5, 0.6) is 5.75 Å². The van der Waals surface area contributed by atoms with Crippen molar-refractivity contribution < 1.29 is 26.7 Å². The fourth-order valence-electron chi connectivity index (χ4n) is 4.10. The molecular formula is C24H24F2N4O4S. The number of halogens is 2. The first-order chi connectivity index (χ1) is 16.7. The second kappa shape index (κ2) is 9.96. The zero-order chi connectivity index (χ0) is 25.2. The smallest absolute Gasteiger partial charge is 0.257 e. The molecule has 1 fully saturated rings. The summed E-state index contributed by atoms with van der Waals surface area (Å²) in [5.41, 5.74) is 1.61. The molecule has 0 aliphatic carbocycles. The summed E-state index contributed by atoms with van der Waals surface area (Å²) in [6, 6.07) is 11.3. The number of carbonyl (C=O) groups excluding carboxylic acids is 1. The predicted octanol–water partition coefficient (Wildman–Crippen LogP) is 3.78. The van der Waals surface area contributed by atoms with Gasteiger partial charge in [-0.15, -0.1) is 0 Å². The van der Waals surface area contributed by atoms with Gasteiger partial charge in [-0.2, -0.15) is 0 Å². The molecule has 0 radical (unpaired) electrons. The zero-order valence-electron chi connectivity index (χ0n) is 18.9. The maximum atomic E-state index is 13.6. The van der Waals surface area contributed by atoms with Crippen LogP contribution in [-0.4, -0.2) is 44.4 Å². The first-order valence-corrected chi connectivity index (χ1v) is 12.4. The van der Waals surface area contributed by atoms with Crippen molar-refractivity contribution in [3.8, 4) is 5.75 Å². The van der Waals surface area contributed by atoms with Gasteiger partial charge in [0.25, 0.3) is 15.9 Å². The van der Waals surface area contributed by atoms with Gasteiger partial charge in [-0.05, 0) is 48.6 Å². The third-order valence-corrected chi connectivity index (χ3v) is 6.76.